The number of amides is 7. The number of carboxylic acid groups (broad SMARTS) is 2. The van der Waals surface area contributed by atoms with Crippen LogP contribution in [0.15, 0.2) is 24.3 Å². The fraction of sp³-hybridized carbons (Fsp3) is 0.651. The van der Waals surface area contributed by atoms with Crippen LogP contribution in [0.3, 0.4) is 0 Å². The number of hydrogen-bond donors (Lipinski definition) is 11. The minimum atomic E-state index is -1.81. The molecule has 12 N–H and O–H groups in total. The molecule has 0 saturated carbocycles. The van der Waals surface area contributed by atoms with E-state index in [0.29, 0.717) is 30.6 Å². The fourth-order valence-electron chi connectivity index (χ4n) is 7.05. The standard InChI is InChI=1S/C43H68N8O13S/c1-8-24(6)35(41(61)48-31(21-52)39(59)45-28(15-17-65-7)37(57)47-30(43(63)64)20-33(54)55)50-38(58)29(19-25-11-13-26(53)14-12-25)46-40(60)32-10-9-16-51(32)42(62)34(23(4)5)49-36(56)27(44)18-22(2)3/h11-14,22-24,27-32,34-35,52-53H,8-10,15-21,44H2,1-7H3,(H,45,59)(H,46,60)(H,47,57)(H,48,61)(H,49,56)(H,50,58)(H,54,55)(H,63,64)/t24-,27-,28-,29-,30-,31-,32-,34-,35-/m0/s1. The molecule has 1 saturated heterocycles. The third-order valence-electron chi connectivity index (χ3n) is 11.0. The van der Waals surface area contributed by atoms with Crippen molar-refractivity contribution in [1.82, 2.24) is 36.8 Å². The predicted molar refractivity (Wildman–Crippen MR) is 240 cm³/mol. The number of nitrogens with two attached hydrogens (primary N) is 1. The molecule has 0 radical (unpaired) electrons. The van der Waals surface area contributed by atoms with Gasteiger partial charge in [0, 0.05) is 13.0 Å². The molecule has 9 atom stereocenters. The Morgan fingerprint density at radius 2 is 1.34 bits per heavy atom. The molecule has 1 fully saturated rings. The van der Waals surface area contributed by atoms with Gasteiger partial charge in [-0.3, -0.25) is 38.4 Å². The van der Waals surface area contributed by atoms with Crippen LogP contribution in [0.4, 0.5) is 0 Å². The lowest BCUT2D eigenvalue weighted by atomic mass is 9.96. The Kier molecular flexibility index (Phi) is 23.2. The van der Waals surface area contributed by atoms with E-state index in [1.807, 2.05) is 13.8 Å². The van der Waals surface area contributed by atoms with Crippen molar-refractivity contribution >= 4 is 65.1 Å². The van der Waals surface area contributed by atoms with Crippen LogP contribution >= 0.6 is 11.8 Å². The number of aromatic hydroxyl groups is 1. The molecule has 21 nitrogen and oxygen atoms in total. The van der Waals surface area contributed by atoms with Crippen molar-refractivity contribution in [1.29, 1.82) is 0 Å². The normalized spacial score (nSPS) is 17.3. The predicted octanol–water partition coefficient (Wildman–Crippen LogP) is -0.785. The van der Waals surface area contributed by atoms with Crippen LogP contribution in [-0.4, -0.2) is 152 Å². The number of hydrogen-bond acceptors (Lipinski definition) is 13. The number of aliphatic hydroxyl groups excluding tert-OH is 1. The molecule has 1 heterocycles. The summed E-state index contributed by atoms with van der Waals surface area (Å²) >= 11 is 1.30. The number of phenolic OH excluding ortho intramolecular Hbond substituents is 1. The minimum Gasteiger partial charge on any atom is -0.508 e. The largest absolute Gasteiger partial charge is 0.508 e. The van der Waals surface area contributed by atoms with Gasteiger partial charge in [-0.2, -0.15) is 11.8 Å². The summed E-state index contributed by atoms with van der Waals surface area (Å²) in [5.41, 5.74) is 6.61. The van der Waals surface area contributed by atoms with E-state index in [0.717, 1.165) is 0 Å². The van der Waals surface area contributed by atoms with E-state index >= 15 is 0 Å². The van der Waals surface area contributed by atoms with Crippen molar-refractivity contribution in [2.45, 2.75) is 135 Å². The van der Waals surface area contributed by atoms with Gasteiger partial charge in [0.15, 0.2) is 0 Å². The van der Waals surface area contributed by atoms with Crippen molar-refractivity contribution in [3.05, 3.63) is 29.8 Å². The molecule has 0 unspecified atom stereocenters. The van der Waals surface area contributed by atoms with Crippen LogP contribution in [0.1, 0.15) is 85.6 Å². The highest BCUT2D eigenvalue weighted by molar-refractivity contribution is 7.98. The van der Waals surface area contributed by atoms with Crippen LogP contribution in [0.25, 0.3) is 0 Å². The molecular weight excluding hydrogens is 869 g/mol. The highest BCUT2D eigenvalue weighted by Crippen LogP contribution is 2.22. The number of thioether (sulfide) groups is 1. The van der Waals surface area contributed by atoms with Gasteiger partial charge in [-0.1, -0.05) is 60.1 Å². The van der Waals surface area contributed by atoms with E-state index in [-0.39, 0.29) is 43.4 Å². The molecule has 0 bridgehead atoms. The molecule has 1 aromatic rings. The number of phenols is 1. The molecule has 7 amide bonds. The number of aliphatic carboxylic acids is 2. The first-order chi connectivity index (χ1) is 30.5. The highest BCUT2D eigenvalue weighted by Gasteiger charge is 2.41. The van der Waals surface area contributed by atoms with Gasteiger partial charge in [0.2, 0.25) is 41.4 Å². The summed E-state index contributed by atoms with van der Waals surface area (Å²) in [5, 5.41) is 53.7. The lowest BCUT2D eigenvalue weighted by Crippen LogP contribution is -2.62. The van der Waals surface area contributed by atoms with E-state index in [1.54, 1.807) is 34.0 Å². The first kappa shape index (κ1) is 55.7. The molecule has 1 aromatic carbocycles. The topological polar surface area (TPSA) is 336 Å². The molecule has 1 aliphatic heterocycles. The summed E-state index contributed by atoms with van der Waals surface area (Å²) in [6.45, 7) is 9.97. The number of likely N-dealkylation sites (tertiary alicyclic amines) is 1. The SMILES string of the molecule is CC[C@H](C)[C@H](NC(=O)[C@H](Cc1ccc(O)cc1)NC(=O)[C@@H]1CCCN1C(=O)[C@@H](NC(=O)[C@@H](N)CC(C)C)C(C)C)C(=O)N[C@@H](CO)C(=O)N[C@@H](CCSC)C(=O)N[C@@H](CC(=O)O)C(=O)O. The van der Waals surface area contributed by atoms with Gasteiger partial charge in [-0.25, -0.2) is 4.79 Å². The quantitative estimate of drug-likeness (QED) is 0.0515. The number of benzene rings is 1. The number of aliphatic hydroxyl groups is 1. The van der Waals surface area contributed by atoms with Crippen LogP contribution in [0, 0.1) is 17.8 Å². The third-order valence-corrected chi connectivity index (χ3v) is 11.6. The lowest BCUT2D eigenvalue weighted by Gasteiger charge is -2.32. The van der Waals surface area contributed by atoms with Gasteiger partial charge in [-0.15, -0.1) is 0 Å². The molecule has 0 aliphatic carbocycles. The Balaban J connectivity index is 2.36. The molecule has 0 aromatic heterocycles. The second-order valence-electron chi connectivity index (χ2n) is 17.0. The van der Waals surface area contributed by atoms with E-state index in [1.165, 1.54) is 40.9 Å². The van der Waals surface area contributed by atoms with Crippen LogP contribution in [-0.2, 0) is 49.6 Å². The lowest BCUT2D eigenvalue weighted by molar-refractivity contribution is -0.147. The van der Waals surface area contributed by atoms with E-state index in [4.69, 9.17) is 10.8 Å². The van der Waals surface area contributed by atoms with Crippen molar-refractivity contribution < 1.29 is 63.6 Å². The maximum atomic E-state index is 14.2. The molecule has 0 spiro atoms. The zero-order valence-corrected chi connectivity index (χ0v) is 38.9. The molecule has 2 rings (SSSR count). The van der Waals surface area contributed by atoms with E-state index in [2.05, 4.69) is 31.9 Å². The molecule has 22 heteroatoms. The van der Waals surface area contributed by atoms with Gasteiger partial charge in [0.05, 0.1) is 19.1 Å². The monoisotopic (exact) mass is 936 g/mol. The Morgan fingerprint density at radius 1 is 0.769 bits per heavy atom. The van der Waals surface area contributed by atoms with E-state index in [9.17, 15) is 58.5 Å². The van der Waals surface area contributed by atoms with Crippen molar-refractivity contribution in [2.75, 3.05) is 25.2 Å². The third kappa shape index (κ3) is 17.8. The summed E-state index contributed by atoms with van der Waals surface area (Å²) in [7, 11) is 0. The maximum absolute atomic E-state index is 14.2. The smallest absolute Gasteiger partial charge is 0.326 e. The maximum Gasteiger partial charge on any atom is 0.326 e. The summed E-state index contributed by atoms with van der Waals surface area (Å²) in [6, 6.07) is -4.56. The number of carbonyl (C=O) groups is 9. The average Bonchev–Trinajstić information content (AvgIpc) is 3.74. The van der Waals surface area contributed by atoms with Gasteiger partial charge in [0.1, 0.15) is 48.0 Å². The van der Waals surface area contributed by atoms with Gasteiger partial charge >= 0.3 is 11.9 Å². The highest BCUT2D eigenvalue weighted by atomic mass is 32.2. The summed E-state index contributed by atoms with van der Waals surface area (Å²) < 4.78 is 0. The first-order valence-electron chi connectivity index (χ1n) is 21.7. The van der Waals surface area contributed by atoms with Crippen LogP contribution < -0.4 is 37.6 Å². The number of rotatable bonds is 27. The Morgan fingerprint density at radius 3 is 1.88 bits per heavy atom. The zero-order valence-electron chi connectivity index (χ0n) is 38.1. The van der Waals surface area contributed by atoms with Crippen LogP contribution in [0.5, 0.6) is 5.75 Å². The Hall–Kier alpha value is -5.48. The Labute approximate surface area is 383 Å². The van der Waals surface area contributed by atoms with E-state index < -0.39 is 121 Å². The molecule has 1 aliphatic rings. The molecule has 364 valence electrons. The Bertz CT molecular complexity index is 1820. The summed E-state index contributed by atoms with van der Waals surface area (Å²) in [6.07, 6.45) is 2.06. The average molecular weight is 937 g/mol. The number of nitrogens with one attached hydrogen (secondary N) is 6. The molecular formula is C43H68N8O13S. The number of nitrogens with zero attached hydrogens (tertiary/aromatic N) is 1. The van der Waals surface area contributed by atoms with Gasteiger partial charge in [0.25, 0.3) is 0 Å². The fourth-order valence-corrected chi connectivity index (χ4v) is 7.52. The molecule has 65 heavy (non-hydrogen) atoms. The van der Waals surface area contributed by atoms with Gasteiger partial charge < -0.3 is 63.0 Å². The van der Waals surface area contributed by atoms with Crippen molar-refractivity contribution in [3.8, 4) is 5.75 Å². The minimum absolute atomic E-state index is 0.0290. The van der Waals surface area contributed by atoms with Gasteiger partial charge in [-0.05, 0) is 73.1 Å². The van der Waals surface area contributed by atoms with Crippen molar-refractivity contribution in [3.63, 3.8) is 0 Å². The second kappa shape index (κ2) is 27.1. The summed E-state index contributed by atoms with van der Waals surface area (Å²) in [4.78, 5) is 120. The first-order valence-corrected chi connectivity index (χ1v) is 23.1. The number of carbonyl (C=O) groups excluding carboxylic acids is 7. The van der Waals surface area contributed by atoms with Crippen molar-refractivity contribution in [2.24, 2.45) is 23.5 Å². The summed E-state index contributed by atoms with van der Waals surface area (Å²) in [5.74, 6) is -9.09. The number of carboxylic acids is 2. The zero-order chi connectivity index (χ0) is 49.1. The van der Waals surface area contributed by atoms with Crippen LogP contribution in [0.2, 0.25) is 0 Å². The second-order valence-corrected chi connectivity index (χ2v) is 18.0.